The Morgan fingerprint density at radius 3 is 2.24 bits per heavy atom. The van der Waals surface area contributed by atoms with E-state index in [-0.39, 0.29) is 12.5 Å². The number of nitrogens with one attached hydrogen (secondary N) is 2. The lowest BCUT2D eigenvalue weighted by molar-refractivity contribution is -0.130. The molecule has 7 nitrogen and oxygen atoms in total. The Balaban J connectivity index is 1.31. The number of rotatable bonds is 14. The lowest BCUT2D eigenvalue weighted by Gasteiger charge is -2.31. The highest BCUT2D eigenvalue weighted by molar-refractivity contribution is 9.10. The van der Waals surface area contributed by atoms with Gasteiger partial charge in [-0.3, -0.25) is 10.2 Å². The fraction of sp³-hybridized carbons (Fsp3) is 0.179. The van der Waals surface area contributed by atoms with E-state index in [2.05, 4.69) is 67.0 Å². The molecule has 0 fully saturated rings. The Morgan fingerprint density at radius 2 is 1.53 bits per heavy atom. The number of ether oxygens (including phenoxy) is 2. The fourth-order valence-electron chi connectivity index (χ4n) is 5.53. The summed E-state index contributed by atoms with van der Waals surface area (Å²) in [5, 5.41) is 9.10. The molecule has 0 spiro atoms. The Labute approximate surface area is 307 Å². The number of amides is 1. The van der Waals surface area contributed by atoms with Gasteiger partial charge in [0.2, 0.25) is 5.90 Å². The van der Waals surface area contributed by atoms with Crippen LogP contribution < -0.4 is 15.6 Å². The molecule has 1 aliphatic heterocycles. The van der Waals surface area contributed by atoms with E-state index in [0.29, 0.717) is 37.6 Å². The van der Waals surface area contributed by atoms with Crippen molar-refractivity contribution in [3.63, 3.8) is 0 Å². The molecular formula is C39H35Br2N3O4S. The van der Waals surface area contributed by atoms with Gasteiger partial charge in [-0.1, -0.05) is 104 Å². The Hall–Kier alpha value is -3.93. The molecule has 49 heavy (non-hydrogen) atoms. The van der Waals surface area contributed by atoms with Crippen LogP contribution in [0.15, 0.2) is 151 Å². The summed E-state index contributed by atoms with van der Waals surface area (Å²) in [6.07, 6.45) is 0.120. The van der Waals surface area contributed by atoms with Gasteiger partial charge in [0.05, 0.1) is 6.61 Å². The maximum atomic E-state index is 14.6. The Morgan fingerprint density at radius 1 is 0.857 bits per heavy atom. The smallest absolute Gasteiger partial charge is 0.266 e. The van der Waals surface area contributed by atoms with Crippen LogP contribution >= 0.6 is 43.6 Å². The van der Waals surface area contributed by atoms with Gasteiger partial charge in [0.1, 0.15) is 5.75 Å². The average Bonchev–Trinajstić information content (AvgIpc) is 3.51. The Kier molecular flexibility index (Phi) is 11.9. The van der Waals surface area contributed by atoms with Crippen LogP contribution in [0.1, 0.15) is 34.8 Å². The number of hydrogen-bond donors (Lipinski definition) is 3. The standard InChI is InChI=1S/C39H35Br2N3O4S/c40-31-17-11-27(12-18-31)25-39(38(46)44-42-26-30-7-4-5-10-35(30)49-34-8-2-1-3-9-34)36(28-13-19-32(41)20-14-28)48-37(43-39)29-15-21-33(22-16-29)47-24-6-23-45/h1-5,7-22,36,42,45H,6,23-26H2,(H,44,46)/t36-,39-/m0/s1. The number of halogens is 2. The summed E-state index contributed by atoms with van der Waals surface area (Å²) in [4.78, 5) is 22.0. The van der Waals surface area contributed by atoms with Gasteiger partial charge in [-0.05, 0) is 83.4 Å². The molecule has 0 unspecified atom stereocenters. The molecule has 10 heteroatoms. The summed E-state index contributed by atoms with van der Waals surface area (Å²) in [5.41, 5.74) is 8.40. The first kappa shape index (κ1) is 34.9. The molecule has 0 aliphatic carbocycles. The molecular weight excluding hydrogens is 766 g/mol. The minimum absolute atomic E-state index is 0.0662. The van der Waals surface area contributed by atoms with Crippen molar-refractivity contribution in [3.05, 3.63) is 159 Å². The van der Waals surface area contributed by atoms with Crippen molar-refractivity contribution in [1.29, 1.82) is 0 Å². The van der Waals surface area contributed by atoms with Gasteiger partial charge in [-0.25, -0.2) is 10.4 Å². The lowest BCUT2D eigenvalue weighted by Crippen LogP contribution is -2.53. The molecule has 6 rings (SSSR count). The van der Waals surface area contributed by atoms with E-state index < -0.39 is 11.6 Å². The molecule has 250 valence electrons. The van der Waals surface area contributed by atoms with E-state index in [0.717, 1.165) is 41.0 Å². The number of hydrogen-bond acceptors (Lipinski definition) is 7. The number of aliphatic imine (C=N–C) groups is 1. The SMILES string of the molecule is O=C(NNCc1ccccc1Sc1ccccc1)[C@@]1(Cc2ccc(Br)cc2)N=C(c2ccc(OCCCO)cc2)O[C@H]1c1ccc(Br)cc1. The maximum Gasteiger partial charge on any atom is 0.266 e. The molecule has 1 aliphatic rings. The predicted octanol–water partition coefficient (Wildman–Crippen LogP) is 8.44. The number of carbonyl (C=O) groups excluding carboxylic acids is 1. The van der Waals surface area contributed by atoms with Crippen LogP contribution in [-0.4, -0.2) is 35.7 Å². The van der Waals surface area contributed by atoms with Gasteiger partial charge >= 0.3 is 0 Å². The van der Waals surface area contributed by atoms with E-state index in [1.165, 1.54) is 0 Å². The number of carbonyl (C=O) groups is 1. The largest absolute Gasteiger partial charge is 0.494 e. The second-order valence-electron chi connectivity index (χ2n) is 11.5. The van der Waals surface area contributed by atoms with Gasteiger partial charge in [-0.15, -0.1) is 0 Å². The summed E-state index contributed by atoms with van der Waals surface area (Å²) in [6, 6.07) is 41.5. The number of benzene rings is 5. The zero-order chi connectivity index (χ0) is 34.1. The van der Waals surface area contributed by atoms with Crippen molar-refractivity contribution in [1.82, 2.24) is 10.9 Å². The monoisotopic (exact) mass is 799 g/mol. The van der Waals surface area contributed by atoms with Gasteiger partial charge in [0.25, 0.3) is 5.91 Å². The van der Waals surface area contributed by atoms with Gasteiger partial charge < -0.3 is 14.6 Å². The quantitative estimate of drug-likeness (QED) is 0.0772. The molecule has 0 radical (unpaired) electrons. The van der Waals surface area contributed by atoms with Crippen LogP contribution in [0, 0.1) is 0 Å². The van der Waals surface area contributed by atoms with E-state index in [1.54, 1.807) is 11.8 Å². The summed E-state index contributed by atoms with van der Waals surface area (Å²) >= 11 is 8.76. The van der Waals surface area contributed by atoms with Crippen LogP contribution in [0.3, 0.4) is 0 Å². The minimum atomic E-state index is -1.35. The van der Waals surface area contributed by atoms with Crippen LogP contribution in [-0.2, 0) is 22.5 Å². The van der Waals surface area contributed by atoms with Crippen molar-refractivity contribution >= 4 is 55.4 Å². The highest BCUT2D eigenvalue weighted by atomic mass is 79.9. The normalized spacial score (nSPS) is 16.9. The van der Waals surface area contributed by atoms with Gasteiger partial charge in [0.15, 0.2) is 11.6 Å². The number of nitrogens with zero attached hydrogens (tertiary/aromatic N) is 1. The first-order valence-electron chi connectivity index (χ1n) is 15.9. The van der Waals surface area contributed by atoms with E-state index in [4.69, 9.17) is 19.6 Å². The molecule has 0 aromatic heterocycles. The van der Waals surface area contributed by atoms with Gasteiger partial charge in [0, 0.05) is 50.3 Å². The zero-order valence-corrected chi connectivity index (χ0v) is 30.5. The van der Waals surface area contributed by atoms with Crippen LogP contribution in [0.5, 0.6) is 5.75 Å². The second-order valence-corrected chi connectivity index (χ2v) is 14.4. The molecule has 3 N–H and O–H groups in total. The third kappa shape index (κ3) is 8.81. The van der Waals surface area contributed by atoms with Crippen LogP contribution in [0.2, 0.25) is 0 Å². The summed E-state index contributed by atoms with van der Waals surface area (Å²) in [6.45, 7) is 0.892. The van der Waals surface area contributed by atoms with Crippen molar-refractivity contribution in [3.8, 4) is 5.75 Å². The van der Waals surface area contributed by atoms with E-state index in [1.807, 2.05) is 103 Å². The third-order valence-corrected chi connectivity index (χ3v) is 10.2. The summed E-state index contributed by atoms with van der Waals surface area (Å²) < 4.78 is 14.3. The first-order chi connectivity index (χ1) is 23.9. The molecule has 0 saturated heterocycles. The van der Waals surface area contributed by atoms with Crippen molar-refractivity contribution in [2.24, 2.45) is 4.99 Å². The van der Waals surface area contributed by atoms with Crippen molar-refractivity contribution in [2.45, 2.75) is 40.8 Å². The van der Waals surface area contributed by atoms with Crippen molar-refractivity contribution in [2.75, 3.05) is 13.2 Å². The van der Waals surface area contributed by atoms with E-state index >= 15 is 0 Å². The van der Waals surface area contributed by atoms with Gasteiger partial charge in [-0.2, -0.15) is 0 Å². The molecule has 0 saturated carbocycles. The molecule has 0 bridgehead atoms. The average molecular weight is 802 g/mol. The molecule has 2 atom stereocenters. The number of aliphatic hydroxyl groups is 1. The first-order valence-corrected chi connectivity index (χ1v) is 18.3. The summed E-state index contributed by atoms with van der Waals surface area (Å²) in [7, 11) is 0. The van der Waals surface area contributed by atoms with Crippen LogP contribution in [0.25, 0.3) is 0 Å². The zero-order valence-electron chi connectivity index (χ0n) is 26.5. The van der Waals surface area contributed by atoms with Crippen LogP contribution in [0.4, 0.5) is 0 Å². The molecule has 5 aromatic rings. The topological polar surface area (TPSA) is 92.2 Å². The third-order valence-electron chi connectivity index (χ3n) is 8.01. The summed E-state index contributed by atoms with van der Waals surface area (Å²) in [5.74, 6) is 0.733. The predicted molar refractivity (Wildman–Crippen MR) is 201 cm³/mol. The fourth-order valence-corrected chi connectivity index (χ4v) is 7.02. The van der Waals surface area contributed by atoms with E-state index in [9.17, 15) is 4.79 Å². The molecule has 5 aromatic carbocycles. The molecule has 1 amide bonds. The van der Waals surface area contributed by atoms with Crippen molar-refractivity contribution < 1.29 is 19.4 Å². The molecule has 1 heterocycles. The second kappa shape index (κ2) is 16.7. The number of aliphatic hydroxyl groups excluding tert-OH is 1. The highest BCUT2D eigenvalue weighted by Crippen LogP contribution is 2.43. The maximum absolute atomic E-state index is 14.6. The number of hydrazine groups is 1. The minimum Gasteiger partial charge on any atom is -0.494 e. The lowest BCUT2D eigenvalue weighted by atomic mass is 9.82. The Bertz CT molecular complexity index is 1870. The highest BCUT2D eigenvalue weighted by Gasteiger charge is 2.53.